The first-order chi connectivity index (χ1) is 21.2. The number of aromatic nitrogens is 6. The minimum absolute atomic E-state index is 0.443. The molecule has 0 amide bonds. The second-order valence-corrected chi connectivity index (χ2v) is 13.1. The Kier molecular flexibility index (Phi) is 6.75. The molecular weight excluding hydrogens is 536 g/mol. The molecule has 0 radical (unpaired) electrons. The van der Waals surface area contributed by atoms with E-state index in [4.69, 9.17) is 0 Å². The standard InChI is InChI=1S/C20H23N5.C13H17N5/c1-2-4-16(5-3-1)12-24-10-11-25(14-20(13-24)7-8-20)19-17-6-9-21-18(17)22-15-23-19;1-4-15-11-10(1)12(17-9-16-11)18-6-5-14-7-13(8-18)2-3-13/h1-6,9,15H,7-8,10-14H2,(H,21,22,23);1,4,9,14H,2-3,5-8H2,(H,15,16,17). The van der Waals surface area contributed by atoms with E-state index in [0.717, 1.165) is 86.1 Å². The van der Waals surface area contributed by atoms with Crippen LogP contribution in [0.25, 0.3) is 22.1 Å². The van der Waals surface area contributed by atoms with E-state index in [9.17, 15) is 0 Å². The molecule has 0 bridgehead atoms. The zero-order valence-electron chi connectivity index (χ0n) is 24.7. The maximum absolute atomic E-state index is 4.62. The van der Waals surface area contributed by atoms with Crippen molar-refractivity contribution < 1.29 is 0 Å². The van der Waals surface area contributed by atoms with Crippen molar-refractivity contribution in [3.8, 4) is 0 Å². The van der Waals surface area contributed by atoms with Crippen molar-refractivity contribution in [1.82, 2.24) is 40.1 Å². The third kappa shape index (κ3) is 5.57. The summed E-state index contributed by atoms with van der Waals surface area (Å²) in [6, 6.07) is 15.0. The zero-order chi connectivity index (χ0) is 28.7. The van der Waals surface area contributed by atoms with Gasteiger partial charge in [-0.15, -0.1) is 0 Å². The highest BCUT2D eigenvalue weighted by Gasteiger charge is 2.47. The third-order valence-corrected chi connectivity index (χ3v) is 9.78. The highest BCUT2D eigenvalue weighted by Crippen LogP contribution is 2.49. The Labute approximate surface area is 251 Å². The van der Waals surface area contributed by atoms with Gasteiger partial charge in [0.2, 0.25) is 0 Å². The number of nitrogens with one attached hydrogen (secondary N) is 3. The second kappa shape index (κ2) is 10.9. The molecule has 4 aliphatic rings. The molecular formula is C33H40N10. The molecule has 3 N–H and O–H groups in total. The van der Waals surface area contributed by atoms with Crippen molar-refractivity contribution in [2.24, 2.45) is 10.8 Å². The topological polar surface area (TPSA) is 105 Å². The van der Waals surface area contributed by atoms with Gasteiger partial charge in [0.15, 0.2) is 0 Å². The van der Waals surface area contributed by atoms with Crippen molar-refractivity contribution in [3.05, 3.63) is 73.1 Å². The summed E-state index contributed by atoms with van der Waals surface area (Å²) >= 11 is 0. The van der Waals surface area contributed by atoms with Gasteiger partial charge in [0.05, 0.1) is 10.8 Å². The smallest absolute Gasteiger partial charge is 0.142 e. The lowest BCUT2D eigenvalue weighted by Crippen LogP contribution is -2.31. The van der Waals surface area contributed by atoms with Gasteiger partial charge < -0.3 is 25.1 Å². The first kappa shape index (κ1) is 26.6. The molecule has 2 aliphatic carbocycles. The van der Waals surface area contributed by atoms with Crippen molar-refractivity contribution in [1.29, 1.82) is 0 Å². The summed E-state index contributed by atoms with van der Waals surface area (Å²) in [7, 11) is 0. The lowest BCUT2D eigenvalue weighted by Gasteiger charge is -2.25. The van der Waals surface area contributed by atoms with Crippen LogP contribution in [0.4, 0.5) is 11.6 Å². The number of fused-ring (bicyclic) bond motifs is 2. The molecule has 0 unspecified atom stereocenters. The van der Waals surface area contributed by atoms with Crippen LogP contribution in [0.3, 0.4) is 0 Å². The van der Waals surface area contributed by atoms with Gasteiger partial charge in [-0.1, -0.05) is 30.3 Å². The third-order valence-electron chi connectivity index (χ3n) is 9.78. The Morgan fingerprint density at radius 1 is 0.651 bits per heavy atom. The quantitative estimate of drug-likeness (QED) is 0.292. The minimum atomic E-state index is 0.443. The molecule has 10 nitrogen and oxygen atoms in total. The summed E-state index contributed by atoms with van der Waals surface area (Å²) in [4.78, 5) is 31.6. The Morgan fingerprint density at radius 3 is 1.93 bits per heavy atom. The number of aromatic amines is 2. The van der Waals surface area contributed by atoms with Crippen molar-refractivity contribution >= 4 is 33.7 Å². The van der Waals surface area contributed by atoms with Crippen molar-refractivity contribution in [2.75, 3.05) is 62.2 Å². The molecule has 10 heteroatoms. The molecule has 222 valence electrons. The molecule has 5 aromatic rings. The van der Waals surface area contributed by atoms with Gasteiger partial charge in [-0.3, -0.25) is 4.90 Å². The predicted molar refractivity (Wildman–Crippen MR) is 170 cm³/mol. The molecule has 2 saturated carbocycles. The van der Waals surface area contributed by atoms with Crippen LogP contribution in [0.2, 0.25) is 0 Å². The Balaban J connectivity index is 0.000000136. The molecule has 2 spiro atoms. The van der Waals surface area contributed by atoms with E-state index in [-0.39, 0.29) is 0 Å². The van der Waals surface area contributed by atoms with Crippen LogP contribution in [0, 0.1) is 10.8 Å². The number of hydrogen-bond donors (Lipinski definition) is 3. The van der Waals surface area contributed by atoms with E-state index < -0.39 is 0 Å². The highest BCUT2D eigenvalue weighted by molar-refractivity contribution is 5.88. The molecule has 43 heavy (non-hydrogen) atoms. The van der Waals surface area contributed by atoms with Crippen LogP contribution in [0.1, 0.15) is 31.2 Å². The van der Waals surface area contributed by atoms with Gasteiger partial charge >= 0.3 is 0 Å². The number of H-pyrrole nitrogens is 2. The number of benzene rings is 1. The van der Waals surface area contributed by atoms with E-state index in [1.54, 1.807) is 12.7 Å². The summed E-state index contributed by atoms with van der Waals surface area (Å²) in [6.07, 6.45) is 12.6. The van der Waals surface area contributed by atoms with Gasteiger partial charge in [0, 0.05) is 82.1 Å². The van der Waals surface area contributed by atoms with E-state index in [1.807, 2.05) is 12.4 Å². The van der Waals surface area contributed by atoms with Crippen LogP contribution < -0.4 is 15.1 Å². The maximum Gasteiger partial charge on any atom is 0.142 e. The van der Waals surface area contributed by atoms with E-state index in [2.05, 4.69) is 92.4 Å². The van der Waals surface area contributed by atoms with Crippen LogP contribution in [-0.4, -0.2) is 87.2 Å². The minimum Gasteiger partial charge on any atom is -0.354 e. The van der Waals surface area contributed by atoms with Crippen molar-refractivity contribution in [2.45, 2.75) is 32.2 Å². The van der Waals surface area contributed by atoms with Crippen LogP contribution in [0.15, 0.2) is 67.5 Å². The second-order valence-electron chi connectivity index (χ2n) is 13.1. The molecule has 1 aromatic carbocycles. The van der Waals surface area contributed by atoms with Crippen LogP contribution in [-0.2, 0) is 6.54 Å². The SMILES string of the molecule is c1ccc(CN2CCN(c3ncnc4[nH]ccc34)CC3(CC3)C2)cc1.c1nc(N2CCNCC3(CC3)C2)c2cc[nH]c2n1. The normalized spacial score (nSPS) is 21.0. The molecule has 2 saturated heterocycles. The molecule has 4 aromatic heterocycles. The van der Waals surface area contributed by atoms with Gasteiger partial charge in [-0.05, 0) is 43.4 Å². The van der Waals surface area contributed by atoms with Crippen LogP contribution >= 0.6 is 0 Å². The van der Waals surface area contributed by atoms with Gasteiger partial charge in [-0.2, -0.15) is 0 Å². The molecule has 4 fully saturated rings. The first-order valence-electron chi connectivity index (χ1n) is 15.7. The fourth-order valence-electron chi connectivity index (χ4n) is 7.02. The summed E-state index contributed by atoms with van der Waals surface area (Å²) in [5.41, 5.74) is 4.22. The molecule has 6 heterocycles. The predicted octanol–water partition coefficient (Wildman–Crippen LogP) is 4.21. The molecule has 9 rings (SSSR count). The maximum atomic E-state index is 4.62. The summed E-state index contributed by atoms with van der Waals surface area (Å²) in [6.45, 7) is 9.78. The zero-order valence-corrected chi connectivity index (χ0v) is 24.7. The van der Waals surface area contributed by atoms with Gasteiger partial charge in [0.1, 0.15) is 35.6 Å². The van der Waals surface area contributed by atoms with Gasteiger partial charge in [-0.25, -0.2) is 19.9 Å². The highest BCUT2D eigenvalue weighted by atomic mass is 15.3. The largest absolute Gasteiger partial charge is 0.354 e. The first-order valence-corrected chi connectivity index (χ1v) is 15.7. The Bertz CT molecular complexity index is 1690. The summed E-state index contributed by atoms with van der Waals surface area (Å²) in [5, 5.41) is 5.82. The number of nitrogens with zero attached hydrogens (tertiary/aromatic N) is 7. The van der Waals surface area contributed by atoms with E-state index >= 15 is 0 Å². The summed E-state index contributed by atoms with van der Waals surface area (Å²) < 4.78 is 0. The van der Waals surface area contributed by atoms with Gasteiger partial charge in [0.25, 0.3) is 0 Å². The van der Waals surface area contributed by atoms with Crippen LogP contribution in [0.5, 0.6) is 0 Å². The van der Waals surface area contributed by atoms with E-state index in [0.29, 0.717) is 10.8 Å². The Morgan fingerprint density at radius 2 is 1.28 bits per heavy atom. The fourth-order valence-corrected chi connectivity index (χ4v) is 7.02. The number of rotatable bonds is 4. The number of hydrogen-bond acceptors (Lipinski definition) is 8. The average Bonchev–Trinajstić information content (AvgIpc) is 3.90. The monoisotopic (exact) mass is 576 g/mol. The average molecular weight is 577 g/mol. The molecule has 2 aliphatic heterocycles. The van der Waals surface area contributed by atoms with E-state index in [1.165, 1.54) is 37.8 Å². The molecule has 0 atom stereocenters. The summed E-state index contributed by atoms with van der Waals surface area (Å²) in [5.74, 6) is 2.16. The lowest BCUT2D eigenvalue weighted by molar-refractivity contribution is 0.240. The number of anilines is 2. The van der Waals surface area contributed by atoms with Crippen molar-refractivity contribution in [3.63, 3.8) is 0 Å². The Hall–Kier alpha value is -4.02. The lowest BCUT2D eigenvalue weighted by atomic mass is 10.1. The fraction of sp³-hybridized carbons (Fsp3) is 0.455.